The maximum absolute atomic E-state index is 13.0. The molecule has 3 aromatic carbocycles. The topological polar surface area (TPSA) is 137 Å². The second kappa shape index (κ2) is 9.98. The zero-order chi connectivity index (χ0) is 26.1. The fourth-order valence-corrected chi connectivity index (χ4v) is 4.34. The summed E-state index contributed by atoms with van der Waals surface area (Å²) in [7, 11) is 3.41. The third-order valence-electron chi connectivity index (χ3n) is 6.45. The number of nitrogen functional groups attached to an aromatic ring is 1. The van der Waals surface area contributed by atoms with Gasteiger partial charge in [-0.2, -0.15) is 0 Å². The maximum atomic E-state index is 13.0. The Morgan fingerprint density at radius 1 is 1.05 bits per heavy atom. The summed E-state index contributed by atoms with van der Waals surface area (Å²) in [6.45, 7) is 1.04. The number of H-pyrrole nitrogens is 2. The summed E-state index contributed by atoms with van der Waals surface area (Å²) in [5, 5.41) is 11.4. The molecule has 2 heterocycles. The highest BCUT2D eigenvalue weighted by Gasteiger charge is 2.19. The molecule has 9 heteroatoms. The van der Waals surface area contributed by atoms with Gasteiger partial charge in [-0.05, 0) is 42.9 Å². The van der Waals surface area contributed by atoms with Crippen LogP contribution in [0, 0.1) is 0 Å². The van der Waals surface area contributed by atoms with Crippen LogP contribution in [-0.2, 0) is 4.74 Å². The first-order chi connectivity index (χ1) is 17.9. The average molecular weight is 498 g/mol. The first-order valence-corrected chi connectivity index (χ1v) is 11.8. The molecule has 9 nitrogen and oxygen atoms in total. The van der Waals surface area contributed by atoms with Gasteiger partial charge in [-0.1, -0.05) is 36.4 Å². The van der Waals surface area contributed by atoms with Crippen molar-refractivity contribution < 1.29 is 14.6 Å². The van der Waals surface area contributed by atoms with E-state index in [4.69, 9.17) is 10.5 Å². The number of anilines is 1. The minimum Gasteiger partial charge on any atom is -0.396 e. The van der Waals surface area contributed by atoms with Gasteiger partial charge in [-0.15, -0.1) is 0 Å². The molecule has 1 atom stereocenters. The average Bonchev–Trinajstić information content (AvgIpc) is 3.25. The molecule has 0 aliphatic rings. The lowest BCUT2D eigenvalue weighted by Crippen LogP contribution is -2.27. The number of hydrogen-bond acceptors (Lipinski definition) is 7. The molecule has 0 amide bonds. The molecular formula is C28H27N5O4. The largest absolute Gasteiger partial charge is 0.396 e. The van der Waals surface area contributed by atoms with Gasteiger partial charge in [0.15, 0.2) is 11.5 Å². The number of nitrogens with two attached hydrogens (primary N) is 1. The van der Waals surface area contributed by atoms with Crippen LogP contribution in [0.5, 0.6) is 0 Å². The predicted octanol–water partition coefficient (Wildman–Crippen LogP) is 3.45. The third-order valence-corrected chi connectivity index (χ3v) is 6.45. The Hall–Kier alpha value is -4.31. The standard InChI is InChI=1S/C28H27N5O4/c1-33(12-13-37-2)28(36)18-9-10-20-19(14-18)23(29)24(30-20)25-27(35)32-22-15-17(8-11-21(22)31-25)26(34)16-6-4-3-5-7-16/h3-11,14-15,28,30,36H,12-13,29H2,1-2H3,(H,32,35). The number of nitrogens with one attached hydrogen (secondary N) is 2. The number of fused-ring (bicyclic) bond motifs is 2. The second-order valence-corrected chi connectivity index (χ2v) is 8.91. The number of benzene rings is 3. The number of aromatic amines is 2. The Morgan fingerprint density at radius 2 is 1.84 bits per heavy atom. The zero-order valence-corrected chi connectivity index (χ0v) is 20.5. The second-order valence-electron chi connectivity index (χ2n) is 8.91. The Kier molecular flexibility index (Phi) is 6.58. The van der Waals surface area contributed by atoms with E-state index in [2.05, 4.69) is 15.0 Å². The molecule has 0 aliphatic heterocycles. The first kappa shape index (κ1) is 24.4. The highest BCUT2D eigenvalue weighted by molar-refractivity contribution is 6.10. The Balaban J connectivity index is 1.51. The number of carbonyl (C=O) groups is 1. The minimum atomic E-state index is -0.840. The van der Waals surface area contributed by atoms with Gasteiger partial charge in [0.2, 0.25) is 0 Å². The highest BCUT2D eigenvalue weighted by atomic mass is 16.5. The molecule has 0 bridgehead atoms. The molecular weight excluding hydrogens is 470 g/mol. The van der Waals surface area contributed by atoms with Crippen LogP contribution in [-0.4, -0.2) is 58.1 Å². The molecule has 0 fully saturated rings. The van der Waals surface area contributed by atoms with E-state index in [1.54, 1.807) is 73.7 Å². The van der Waals surface area contributed by atoms with E-state index in [0.29, 0.717) is 63.2 Å². The normalized spacial score (nSPS) is 12.4. The Labute approximate surface area is 212 Å². The summed E-state index contributed by atoms with van der Waals surface area (Å²) in [5.74, 6) is -0.141. The number of aliphatic hydroxyl groups excluding tert-OH is 1. The van der Waals surface area contributed by atoms with Crippen molar-refractivity contribution in [3.8, 4) is 11.4 Å². The van der Waals surface area contributed by atoms with Crippen LogP contribution in [0.2, 0.25) is 0 Å². The summed E-state index contributed by atoms with van der Waals surface area (Å²) in [5.41, 5.74) is 10.3. The molecule has 1 unspecified atom stereocenters. The summed E-state index contributed by atoms with van der Waals surface area (Å²) >= 11 is 0. The molecule has 5 aromatic rings. The van der Waals surface area contributed by atoms with Gasteiger partial charge in [-0.3, -0.25) is 14.5 Å². The molecule has 0 saturated carbocycles. The molecule has 5 N–H and O–H groups in total. The van der Waals surface area contributed by atoms with Gasteiger partial charge in [-0.25, -0.2) is 4.98 Å². The quantitative estimate of drug-likeness (QED) is 0.190. The van der Waals surface area contributed by atoms with Gasteiger partial charge in [0, 0.05) is 35.7 Å². The van der Waals surface area contributed by atoms with Gasteiger partial charge >= 0.3 is 0 Å². The van der Waals surface area contributed by atoms with Gasteiger partial charge < -0.3 is 25.5 Å². The van der Waals surface area contributed by atoms with E-state index >= 15 is 0 Å². The third kappa shape index (κ3) is 4.63. The van der Waals surface area contributed by atoms with E-state index in [1.165, 1.54) is 0 Å². The van der Waals surface area contributed by atoms with E-state index in [1.807, 2.05) is 12.1 Å². The highest BCUT2D eigenvalue weighted by Crippen LogP contribution is 2.33. The molecule has 188 valence electrons. The Bertz CT molecular complexity index is 1660. The molecule has 5 rings (SSSR count). The number of hydrogen-bond donors (Lipinski definition) is 4. The van der Waals surface area contributed by atoms with Crippen LogP contribution in [0.4, 0.5) is 5.69 Å². The predicted molar refractivity (Wildman–Crippen MR) is 143 cm³/mol. The lowest BCUT2D eigenvalue weighted by Gasteiger charge is -2.23. The van der Waals surface area contributed by atoms with Crippen LogP contribution >= 0.6 is 0 Å². The number of likely N-dealkylation sites (N-methyl/N-ethyl adjacent to an activating group) is 1. The van der Waals surface area contributed by atoms with Gasteiger partial charge in [0.1, 0.15) is 6.23 Å². The number of aliphatic hydroxyl groups is 1. The maximum Gasteiger partial charge on any atom is 0.276 e. The molecule has 0 radical (unpaired) electrons. The Morgan fingerprint density at radius 3 is 2.59 bits per heavy atom. The van der Waals surface area contributed by atoms with Crippen LogP contribution in [0.3, 0.4) is 0 Å². The monoisotopic (exact) mass is 497 g/mol. The smallest absolute Gasteiger partial charge is 0.276 e. The van der Waals surface area contributed by atoms with Crippen molar-refractivity contribution in [3.05, 3.63) is 93.8 Å². The van der Waals surface area contributed by atoms with Crippen molar-refractivity contribution in [2.45, 2.75) is 6.23 Å². The van der Waals surface area contributed by atoms with Crippen molar-refractivity contribution in [2.24, 2.45) is 0 Å². The van der Waals surface area contributed by atoms with Crippen molar-refractivity contribution in [1.82, 2.24) is 19.9 Å². The van der Waals surface area contributed by atoms with E-state index in [0.717, 1.165) is 0 Å². The number of methoxy groups -OCH3 is 1. The first-order valence-electron chi connectivity index (χ1n) is 11.8. The van der Waals surface area contributed by atoms with Crippen LogP contribution < -0.4 is 11.3 Å². The van der Waals surface area contributed by atoms with Gasteiger partial charge in [0.25, 0.3) is 5.56 Å². The molecule has 0 aliphatic carbocycles. The zero-order valence-electron chi connectivity index (χ0n) is 20.5. The van der Waals surface area contributed by atoms with Crippen molar-refractivity contribution in [2.75, 3.05) is 33.0 Å². The van der Waals surface area contributed by atoms with Gasteiger partial charge in [0.05, 0.1) is 29.0 Å². The summed E-state index contributed by atoms with van der Waals surface area (Å²) < 4.78 is 5.09. The number of nitrogens with zero attached hydrogens (tertiary/aromatic N) is 2. The number of carbonyl (C=O) groups excluding carboxylic acids is 1. The summed E-state index contributed by atoms with van der Waals surface area (Å²) in [4.78, 5) is 38.2. The molecule has 37 heavy (non-hydrogen) atoms. The molecule has 0 saturated heterocycles. The number of rotatable bonds is 8. The number of ether oxygens (including phenoxy) is 1. The fraction of sp³-hybridized carbons (Fsp3) is 0.179. The van der Waals surface area contributed by atoms with Crippen molar-refractivity contribution >= 4 is 33.4 Å². The lowest BCUT2D eigenvalue weighted by atomic mass is 10.0. The lowest BCUT2D eigenvalue weighted by molar-refractivity contribution is 0.00638. The van der Waals surface area contributed by atoms with Crippen LogP contribution in [0.25, 0.3) is 33.3 Å². The number of ketones is 1. The molecule has 2 aromatic heterocycles. The molecule has 0 spiro atoms. The SMILES string of the molecule is COCCN(C)C(O)c1ccc2[nH]c(-c3nc4ccc(C(=O)c5ccccc5)cc4[nH]c3=O)c(N)c2c1. The van der Waals surface area contributed by atoms with Crippen molar-refractivity contribution in [1.29, 1.82) is 0 Å². The minimum absolute atomic E-state index is 0.141. The number of aromatic nitrogens is 3. The van der Waals surface area contributed by atoms with E-state index in [9.17, 15) is 14.7 Å². The summed E-state index contributed by atoms with van der Waals surface area (Å²) in [6, 6.07) is 19.4. The van der Waals surface area contributed by atoms with Crippen LogP contribution in [0.1, 0.15) is 27.7 Å². The summed E-state index contributed by atoms with van der Waals surface area (Å²) in [6.07, 6.45) is -0.840. The van der Waals surface area contributed by atoms with Crippen LogP contribution in [0.15, 0.2) is 71.5 Å². The fourth-order valence-electron chi connectivity index (χ4n) is 4.34. The van der Waals surface area contributed by atoms with E-state index < -0.39 is 11.8 Å². The van der Waals surface area contributed by atoms with E-state index in [-0.39, 0.29) is 11.5 Å². The van der Waals surface area contributed by atoms with Crippen molar-refractivity contribution in [3.63, 3.8) is 0 Å².